The van der Waals surface area contributed by atoms with Gasteiger partial charge in [0.1, 0.15) is 37.1 Å². The van der Waals surface area contributed by atoms with Crippen LogP contribution in [0.1, 0.15) is 0 Å². The van der Waals surface area contributed by atoms with E-state index in [2.05, 4.69) is 33.5 Å². The molecule has 2 rings (SSSR count). The van der Waals surface area contributed by atoms with Crippen LogP contribution in [0.3, 0.4) is 0 Å². The minimum atomic E-state index is -6.24. The summed E-state index contributed by atoms with van der Waals surface area (Å²) in [6.07, 6.45) is -26.0. The molecule has 0 spiro atoms. The maximum Gasteiger partial charge on any atom is 0.397 e. The fourth-order valence-corrected chi connectivity index (χ4v) is 7.68. The first-order chi connectivity index (χ1) is 24.2. The molecule has 0 aromatic rings. The molecule has 2 heterocycles. The molecule has 0 aromatic heterocycles. The lowest BCUT2D eigenvalue weighted by molar-refractivity contribution is -0.374. The Labute approximate surface area is 308 Å². The molecule has 43 heteroatoms. The predicted octanol–water partition coefficient (Wildman–Crippen LogP) is -6.78. The van der Waals surface area contributed by atoms with Gasteiger partial charge >= 0.3 is 83.2 Å². The topological polar surface area (TPSA) is 536 Å². The molecule has 2 aliphatic heterocycles. The van der Waals surface area contributed by atoms with Gasteiger partial charge in [0, 0.05) is 0 Å². The quantitative estimate of drug-likeness (QED) is 0.0496. The van der Waals surface area contributed by atoms with Gasteiger partial charge in [0.2, 0.25) is 5.79 Å². The molecule has 0 bridgehead atoms. The van der Waals surface area contributed by atoms with Crippen LogP contribution in [-0.4, -0.2) is 178 Å². The van der Waals surface area contributed by atoms with E-state index >= 15 is 0 Å². The summed E-state index contributed by atoms with van der Waals surface area (Å²) < 4.78 is 307. The molecule has 8 N–H and O–H groups in total. The third kappa shape index (κ3) is 18.1. The van der Waals surface area contributed by atoms with E-state index in [-0.39, 0.29) is 0 Å². The Morgan fingerprint density at radius 3 is 1.18 bits per heavy atom. The third-order valence-corrected chi connectivity index (χ3v) is 9.28. The highest BCUT2D eigenvalue weighted by molar-refractivity contribution is 7.82. The van der Waals surface area contributed by atoms with Gasteiger partial charge in [-0.2, -0.15) is 67.3 Å². The van der Waals surface area contributed by atoms with Crippen LogP contribution in [0.4, 0.5) is 0 Å². The van der Waals surface area contributed by atoms with E-state index in [4.69, 9.17) is 23.3 Å². The number of rotatable bonds is 21. The second-order valence-corrected chi connectivity index (χ2v) is 18.2. The van der Waals surface area contributed by atoms with Crippen molar-refractivity contribution in [3.63, 3.8) is 0 Å². The minimum absolute atomic E-state index is 1.92. The first kappa shape index (κ1) is 50.0. The van der Waals surface area contributed by atoms with Gasteiger partial charge in [0.15, 0.2) is 18.5 Å². The second kappa shape index (κ2) is 17.2. The summed E-state index contributed by atoms with van der Waals surface area (Å²) in [5, 5.41) is 0. The summed E-state index contributed by atoms with van der Waals surface area (Å²) in [4.78, 5) is 0. The lowest BCUT2D eigenvalue weighted by Gasteiger charge is -2.45. The van der Waals surface area contributed by atoms with Crippen LogP contribution in [0.2, 0.25) is 0 Å². The molecule has 2 saturated heterocycles. The van der Waals surface area contributed by atoms with Crippen molar-refractivity contribution < 1.29 is 151 Å². The Hall–Kier alpha value is -1.16. The van der Waals surface area contributed by atoms with Gasteiger partial charge in [-0.15, -0.1) is 0 Å². The molecular weight excluding hydrogens is 961 g/mol. The summed E-state index contributed by atoms with van der Waals surface area (Å²) in [6, 6.07) is 0. The Kier molecular flexibility index (Phi) is 15.6. The SMILES string of the molecule is O=S(=O)(O)OC[C@H]1O[C@](COS(=O)(=O)O)(O[C@H]2O[C@H](COS(=O)(=O)O)[C@@H](OS(=O)(=O)O)[C@H](OS(=O)(=O)O)[C@@H]2OS(=O)(=O)O)[C@@H](OS(=O)(=O)O)[C@@H]1OS(=O)(=O)O. The molecule has 0 unspecified atom stereocenters. The molecule has 0 saturated carbocycles. The largest absolute Gasteiger partial charge is 0.397 e. The van der Waals surface area contributed by atoms with Gasteiger partial charge < -0.3 is 14.2 Å². The zero-order valence-corrected chi connectivity index (χ0v) is 31.6. The van der Waals surface area contributed by atoms with Crippen molar-refractivity contribution in [2.24, 2.45) is 0 Å². The Bertz CT molecular complexity index is 2280. The zero-order valence-electron chi connectivity index (χ0n) is 25.1. The highest BCUT2D eigenvalue weighted by Crippen LogP contribution is 2.42. The van der Waals surface area contributed by atoms with Crippen LogP contribution < -0.4 is 0 Å². The Morgan fingerprint density at radius 1 is 0.418 bits per heavy atom. The van der Waals surface area contributed by atoms with Gasteiger partial charge in [0.25, 0.3) is 0 Å². The van der Waals surface area contributed by atoms with Crippen molar-refractivity contribution in [3.8, 4) is 0 Å². The number of ether oxygens (including phenoxy) is 3. The monoisotopic (exact) mass is 982 g/mol. The van der Waals surface area contributed by atoms with Crippen LogP contribution in [0.5, 0.6) is 0 Å². The van der Waals surface area contributed by atoms with E-state index in [1.807, 2.05) is 0 Å². The first-order valence-electron chi connectivity index (χ1n) is 12.3. The average molecular weight is 983 g/mol. The van der Waals surface area contributed by atoms with Crippen molar-refractivity contribution in [1.29, 1.82) is 0 Å². The van der Waals surface area contributed by atoms with Gasteiger partial charge in [-0.3, -0.25) is 36.4 Å². The minimum Gasteiger partial charge on any atom is -0.341 e. The summed E-state index contributed by atoms with van der Waals surface area (Å²) in [5.41, 5.74) is 0. The van der Waals surface area contributed by atoms with Crippen LogP contribution >= 0.6 is 0 Å². The summed E-state index contributed by atoms with van der Waals surface area (Å²) in [7, 11) is -48.3. The maximum absolute atomic E-state index is 11.9. The Morgan fingerprint density at radius 2 is 0.782 bits per heavy atom. The van der Waals surface area contributed by atoms with Crippen LogP contribution in [-0.2, 0) is 131 Å². The number of hydrogen-bond acceptors (Lipinski definition) is 27. The van der Waals surface area contributed by atoms with Gasteiger partial charge in [-0.1, -0.05) is 0 Å². The number of hydrogen-bond donors (Lipinski definition) is 8. The van der Waals surface area contributed by atoms with Crippen molar-refractivity contribution in [1.82, 2.24) is 0 Å². The highest BCUT2D eigenvalue weighted by atomic mass is 32.3. The highest BCUT2D eigenvalue weighted by Gasteiger charge is 2.65. The third-order valence-electron chi connectivity index (χ3n) is 5.68. The summed E-state index contributed by atoms with van der Waals surface area (Å²) in [6.45, 7) is -6.25. The van der Waals surface area contributed by atoms with Crippen molar-refractivity contribution in [3.05, 3.63) is 0 Å². The molecule has 0 aliphatic carbocycles. The second-order valence-electron chi connectivity index (χ2n) is 9.64. The molecule has 2 fully saturated rings. The lowest BCUT2D eigenvalue weighted by Crippen LogP contribution is -2.65. The Balaban J connectivity index is 3.07. The van der Waals surface area contributed by atoms with E-state index in [0.717, 1.165) is 0 Å². The zero-order chi connectivity index (χ0) is 43.0. The molecule has 9 atom stereocenters. The molecule has 0 aromatic carbocycles. The van der Waals surface area contributed by atoms with Gasteiger partial charge in [-0.25, -0.2) is 33.5 Å². The smallest absolute Gasteiger partial charge is 0.341 e. The van der Waals surface area contributed by atoms with Crippen molar-refractivity contribution in [2.45, 2.75) is 54.8 Å². The van der Waals surface area contributed by atoms with Crippen LogP contribution in [0.15, 0.2) is 0 Å². The van der Waals surface area contributed by atoms with Crippen molar-refractivity contribution >= 4 is 83.2 Å². The summed E-state index contributed by atoms with van der Waals surface area (Å²) in [5.74, 6) is -4.12. The molecule has 2 aliphatic rings. The average Bonchev–Trinajstić information content (AvgIpc) is 3.15. The maximum atomic E-state index is 11.9. The standard InChI is InChI=1S/C12H22O35S8/c13-48(14,15)37-1-4-6(43-51(22,23)24)8(45-53(28,29)30)9(46-54(31,32)33)11(40-4)42-12(3-39-50(19,20)21)10(47-55(34,35)36)7(44-52(25,26)27)5(41-12)2-38-49(16,17)18/h4-11H,1-3H2,(H,13,14,15)(H,16,17,18)(H,19,20,21)(H,22,23,24)(H,25,26,27)(H,28,29,30)(H,31,32,33)(H,34,35,36)/t4-,5-,6-,7-,8+,9+,10+,11-,12-/m1/s1. The van der Waals surface area contributed by atoms with Crippen LogP contribution in [0, 0.1) is 0 Å². The van der Waals surface area contributed by atoms with E-state index in [1.54, 1.807) is 0 Å². The van der Waals surface area contributed by atoms with E-state index in [9.17, 15) is 94.7 Å². The molecule has 0 amide bonds. The van der Waals surface area contributed by atoms with Gasteiger partial charge in [-0.05, 0) is 0 Å². The molecule has 0 radical (unpaired) electrons. The van der Waals surface area contributed by atoms with E-state index in [1.165, 1.54) is 0 Å². The van der Waals surface area contributed by atoms with Crippen molar-refractivity contribution in [2.75, 3.05) is 19.8 Å². The molecule has 35 nitrogen and oxygen atoms in total. The van der Waals surface area contributed by atoms with E-state index in [0.29, 0.717) is 0 Å². The normalized spacial score (nSPS) is 30.7. The van der Waals surface area contributed by atoms with Crippen LogP contribution in [0.25, 0.3) is 0 Å². The lowest BCUT2D eigenvalue weighted by atomic mass is 9.99. The first-order valence-corrected chi connectivity index (χ1v) is 23.2. The van der Waals surface area contributed by atoms with E-state index < -0.39 is 158 Å². The molecular formula is C12H22O35S8. The van der Waals surface area contributed by atoms with Gasteiger partial charge in [0.05, 0.1) is 13.2 Å². The fraction of sp³-hybridized carbons (Fsp3) is 1.00. The molecule has 55 heavy (non-hydrogen) atoms. The molecule has 328 valence electrons. The summed E-state index contributed by atoms with van der Waals surface area (Å²) >= 11 is 0. The predicted molar refractivity (Wildman–Crippen MR) is 152 cm³/mol. The fourth-order valence-electron chi connectivity index (χ4n) is 4.24.